The van der Waals surface area contributed by atoms with Gasteiger partial charge in [-0.3, -0.25) is 0 Å². The maximum Gasteiger partial charge on any atom is 0.135 e. The molecule has 2 nitrogen and oxygen atoms in total. The highest BCUT2D eigenvalue weighted by Gasteiger charge is 2.15. The van der Waals surface area contributed by atoms with Gasteiger partial charge in [0.05, 0.1) is 12.2 Å². The Bertz CT molecular complexity index is 600. The van der Waals surface area contributed by atoms with Crippen molar-refractivity contribution in [2.24, 2.45) is 0 Å². The van der Waals surface area contributed by atoms with Crippen molar-refractivity contribution >= 4 is 0 Å². The molecule has 2 aromatic carbocycles. The average Bonchev–Trinajstić information content (AvgIpc) is 2.38. The summed E-state index contributed by atoms with van der Waals surface area (Å²) in [6.07, 6.45) is 0. The summed E-state index contributed by atoms with van der Waals surface area (Å²) in [6, 6.07) is 12.2. The average molecular weight is 274 g/mol. The van der Waals surface area contributed by atoms with Crippen molar-refractivity contribution in [2.45, 2.75) is 32.8 Å². The van der Waals surface area contributed by atoms with Crippen LogP contribution in [-0.2, 0) is 12.0 Å². The fourth-order valence-electron chi connectivity index (χ4n) is 1.94. The number of aliphatic hydroxyl groups is 1. The van der Waals surface area contributed by atoms with Gasteiger partial charge in [-0.25, -0.2) is 4.39 Å². The zero-order valence-electron chi connectivity index (χ0n) is 12.0. The number of rotatable bonds is 3. The molecule has 0 aliphatic rings. The van der Waals surface area contributed by atoms with Crippen LogP contribution in [0.4, 0.5) is 4.39 Å². The zero-order valence-corrected chi connectivity index (χ0v) is 12.0. The second-order valence-electron chi connectivity index (χ2n) is 5.75. The Morgan fingerprint density at radius 2 is 1.80 bits per heavy atom. The molecule has 0 heterocycles. The van der Waals surface area contributed by atoms with E-state index in [1.165, 1.54) is 6.07 Å². The summed E-state index contributed by atoms with van der Waals surface area (Å²) in [6.45, 7) is 5.97. The number of hydrogen-bond acceptors (Lipinski definition) is 2. The van der Waals surface area contributed by atoms with Gasteiger partial charge in [-0.1, -0.05) is 39.0 Å². The normalized spacial score (nSPS) is 11.4. The van der Waals surface area contributed by atoms with Crippen molar-refractivity contribution in [2.75, 3.05) is 0 Å². The van der Waals surface area contributed by atoms with Crippen LogP contribution in [0, 0.1) is 5.82 Å². The fraction of sp³-hybridized carbons (Fsp3) is 0.294. The quantitative estimate of drug-likeness (QED) is 0.898. The summed E-state index contributed by atoms with van der Waals surface area (Å²) in [5, 5.41) is 9.24. The molecule has 3 heteroatoms. The van der Waals surface area contributed by atoms with Gasteiger partial charge in [-0.15, -0.1) is 0 Å². The highest BCUT2D eigenvalue weighted by molar-refractivity contribution is 5.40. The van der Waals surface area contributed by atoms with Crippen molar-refractivity contribution in [3.63, 3.8) is 0 Å². The first-order valence-corrected chi connectivity index (χ1v) is 6.58. The molecule has 0 saturated heterocycles. The van der Waals surface area contributed by atoms with E-state index in [1.54, 1.807) is 12.1 Å². The van der Waals surface area contributed by atoms with E-state index in [2.05, 4.69) is 20.8 Å². The SMILES string of the molecule is CC(C)(C)c1cccc(Oc2cccc(F)c2CO)c1. The lowest BCUT2D eigenvalue weighted by atomic mass is 9.87. The van der Waals surface area contributed by atoms with E-state index in [4.69, 9.17) is 4.74 Å². The minimum absolute atomic E-state index is 0.0150. The minimum atomic E-state index is -0.461. The molecule has 0 amide bonds. The molecule has 106 valence electrons. The molecule has 0 radical (unpaired) electrons. The van der Waals surface area contributed by atoms with Crippen LogP contribution in [0.25, 0.3) is 0 Å². The smallest absolute Gasteiger partial charge is 0.135 e. The molecule has 0 fully saturated rings. The van der Waals surface area contributed by atoms with Gasteiger partial charge < -0.3 is 9.84 Å². The highest BCUT2D eigenvalue weighted by atomic mass is 19.1. The van der Waals surface area contributed by atoms with Gasteiger partial charge in [-0.2, -0.15) is 0 Å². The van der Waals surface area contributed by atoms with Crippen LogP contribution < -0.4 is 4.74 Å². The van der Waals surface area contributed by atoms with Crippen LogP contribution in [0.2, 0.25) is 0 Å². The fourth-order valence-corrected chi connectivity index (χ4v) is 1.94. The predicted molar refractivity (Wildman–Crippen MR) is 77.5 cm³/mol. The molecule has 0 unspecified atom stereocenters. The van der Waals surface area contributed by atoms with Crippen LogP contribution in [0.1, 0.15) is 31.9 Å². The Kier molecular flexibility index (Phi) is 4.09. The second kappa shape index (κ2) is 5.63. The molecular formula is C17H19FO2. The molecule has 2 aromatic rings. The third kappa shape index (κ3) is 3.17. The van der Waals surface area contributed by atoms with E-state index in [0.717, 1.165) is 5.56 Å². The van der Waals surface area contributed by atoms with Crippen molar-refractivity contribution in [3.05, 3.63) is 59.4 Å². The molecule has 0 spiro atoms. The van der Waals surface area contributed by atoms with E-state index in [-0.39, 0.29) is 17.6 Å². The zero-order chi connectivity index (χ0) is 14.8. The molecule has 1 N–H and O–H groups in total. The number of hydrogen-bond donors (Lipinski definition) is 1. The van der Waals surface area contributed by atoms with Crippen LogP contribution in [0.5, 0.6) is 11.5 Å². The second-order valence-corrected chi connectivity index (χ2v) is 5.75. The van der Waals surface area contributed by atoms with Crippen LogP contribution in [0.15, 0.2) is 42.5 Å². The summed E-state index contributed by atoms with van der Waals surface area (Å²) in [4.78, 5) is 0. The van der Waals surface area contributed by atoms with E-state index in [1.807, 2.05) is 24.3 Å². The van der Waals surface area contributed by atoms with Gasteiger partial charge in [0.25, 0.3) is 0 Å². The van der Waals surface area contributed by atoms with Crippen LogP contribution in [-0.4, -0.2) is 5.11 Å². The van der Waals surface area contributed by atoms with E-state index >= 15 is 0 Å². The lowest BCUT2D eigenvalue weighted by Gasteiger charge is -2.20. The van der Waals surface area contributed by atoms with Crippen LogP contribution >= 0.6 is 0 Å². The van der Waals surface area contributed by atoms with Crippen molar-refractivity contribution in [1.29, 1.82) is 0 Å². The topological polar surface area (TPSA) is 29.5 Å². The molecule has 20 heavy (non-hydrogen) atoms. The molecular weight excluding hydrogens is 255 g/mol. The first-order valence-electron chi connectivity index (χ1n) is 6.58. The number of aliphatic hydroxyl groups excluding tert-OH is 1. The Morgan fingerprint density at radius 3 is 2.45 bits per heavy atom. The molecule has 2 rings (SSSR count). The molecule has 0 saturated carbocycles. The van der Waals surface area contributed by atoms with Crippen molar-refractivity contribution < 1.29 is 14.2 Å². The monoisotopic (exact) mass is 274 g/mol. The van der Waals surface area contributed by atoms with Gasteiger partial charge in [0.1, 0.15) is 17.3 Å². The number of ether oxygens (including phenoxy) is 1. The largest absolute Gasteiger partial charge is 0.457 e. The lowest BCUT2D eigenvalue weighted by Crippen LogP contribution is -2.10. The number of benzene rings is 2. The maximum atomic E-state index is 13.6. The Labute approximate surface area is 118 Å². The Hall–Kier alpha value is -1.87. The number of halogens is 1. The summed E-state index contributed by atoms with van der Waals surface area (Å²) < 4.78 is 19.3. The van der Waals surface area contributed by atoms with Gasteiger partial charge >= 0.3 is 0 Å². The summed E-state index contributed by atoms with van der Waals surface area (Å²) in [5.41, 5.74) is 1.33. The minimum Gasteiger partial charge on any atom is -0.457 e. The van der Waals surface area contributed by atoms with E-state index in [9.17, 15) is 9.50 Å². The molecule has 0 atom stereocenters. The lowest BCUT2D eigenvalue weighted by molar-refractivity contribution is 0.270. The summed E-state index contributed by atoms with van der Waals surface area (Å²) in [5.74, 6) is 0.522. The van der Waals surface area contributed by atoms with Gasteiger partial charge in [0, 0.05) is 0 Å². The van der Waals surface area contributed by atoms with E-state index < -0.39 is 5.82 Å². The molecule has 0 aliphatic heterocycles. The Morgan fingerprint density at radius 1 is 1.10 bits per heavy atom. The molecule has 0 aromatic heterocycles. The van der Waals surface area contributed by atoms with Crippen molar-refractivity contribution in [1.82, 2.24) is 0 Å². The van der Waals surface area contributed by atoms with Crippen molar-refractivity contribution in [3.8, 4) is 11.5 Å². The third-order valence-corrected chi connectivity index (χ3v) is 3.16. The Balaban J connectivity index is 2.34. The first-order chi connectivity index (χ1) is 9.41. The molecule has 0 aliphatic carbocycles. The van der Waals surface area contributed by atoms with E-state index in [0.29, 0.717) is 11.5 Å². The van der Waals surface area contributed by atoms with Gasteiger partial charge in [0.15, 0.2) is 0 Å². The highest BCUT2D eigenvalue weighted by Crippen LogP contribution is 2.30. The first kappa shape index (κ1) is 14.5. The van der Waals surface area contributed by atoms with Gasteiger partial charge in [-0.05, 0) is 35.2 Å². The molecule has 0 bridgehead atoms. The van der Waals surface area contributed by atoms with Crippen LogP contribution in [0.3, 0.4) is 0 Å². The standard InChI is InChI=1S/C17H19FO2/c1-17(2,3)12-6-4-7-13(10-12)20-16-9-5-8-15(18)14(16)11-19/h4-10,19H,11H2,1-3H3. The summed E-state index contributed by atoms with van der Waals surface area (Å²) in [7, 11) is 0. The third-order valence-electron chi connectivity index (χ3n) is 3.16. The van der Waals surface area contributed by atoms with Gasteiger partial charge in [0.2, 0.25) is 0 Å². The summed E-state index contributed by atoms with van der Waals surface area (Å²) >= 11 is 0. The maximum absolute atomic E-state index is 13.6. The predicted octanol–water partition coefficient (Wildman–Crippen LogP) is 4.41.